The van der Waals surface area contributed by atoms with E-state index < -0.39 is 17.6 Å². The van der Waals surface area contributed by atoms with Crippen molar-refractivity contribution >= 4 is 11.6 Å². The Kier molecular flexibility index (Phi) is 4.39. The van der Waals surface area contributed by atoms with E-state index in [1.54, 1.807) is 13.1 Å². The molecule has 0 fully saturated rings. The van der Waals surface area contributed by atoms with Crippen molar-refractivity contribution in [2.24, 2.45) is 5.73 Å². The second-order valence-electron chi connectivity index (χ2n) is 4.93. The third-order valence-corrected chi connectivity index (χ3v) is 2.96. The summed E-state index contributed by atoms with van der Waals surface area (Å²) in [5, 5.41) is 7.10. The molecule has 3 N–H and O–H groups in total. The topological polar surface area (TPSA) is 72.9 Å². The van der Waals surface area contributed by atoms with E-state index in [2.05, 4.69) is 10.4 Å². The van der Waals surface area contributed by atoms with Crippen LogP contribution in [0.2, 0.25) is 0 Å². The summed E-state index contributed by atoms with van der Waals surface area (Å²) in [6.07, 6.45) is -1.04. The van der Waals surface area contributed by atoms with Crippen LogP contribution in [0, 0.1) is 0 Å². The number of rotatable bonds is 5. The molecule has 2 aromatic rings. The van der Waals surface area contributed by atoms with Gasteiger partial charge in [0.1, 0.15) is 0 Å². The predicted octanol–water partition coefficient (Wildman–Crippen LogP) is 2.57. The lowest BCUT2D eigenvalue weighted by molar-refractivity contribution is -0.137. The Morgan fingerprint density at radius 3 is 2.55 bits per heavy atom. The first-order valence-corrected chi connectivity index (χ1v) is 6.53. The van der Waals surface area contributed by atoms with Crippen LogP contribution in [0.5, 0.6) is 0 Å². The number of halogens is 3. The minimum Gasteiger partial charge on any atom is -0.380 e. The zero-order valence-corrected chi connectivity index (χ0v) is 11.8. The van der Waals surface area contributed by atoms with Gasteiger partial charge in [-0.15, -0.1) is 0 Å². The summed E-state index contributed by atoms with van der Waals surface area (Å²) >= 11 is 0. The first kappa shape index (κ1) is 15.9. The van der Waals surface area contributed by atoms with Gasteiger partial charge in [0.15, 0.2) is 0 Å². The van der Waals surface area contributed by atoms with E-state index in [0.29, 0.717) is 11.4 Å². The zero-order valence-electron chi connectivity index (χ0n) is 11.8. The Hall–Kier alpha value is -2.51. The SMILES string of the molecule is CC(CC(N)=O)Nc1cnn(-c2ccc(C(F)(F)F)cc2)c1. The van der Waals surface area contributed by atoms with Crippen LogP contribution in [0.4, 0.5) is 18.9 Å². The summed E-state index contributed by atoms with van der Waals surface area (Å²) in [4.78, 5) is 10.8. The third-order valence-electron chi connectivity index (χ3n) is 2.96. The van der Waals surface area contributed by atoms with E-state index in [9.17, 15) is 18.0 Å². The summed E-state index contributed by atoms with van der Waals surface area (Å²) < 4.78 is 39.0. The van der Waals surface area contributed by atoms with Gasteiger partial charge in [0.05, 0.1) is 29.3 Å². The number of carbonyl (C=O) groups excluding carboxylic acids is 1. The first-order chi connectivity index (χ1) is 10.3. The maximum atomic E-state index is 12.5. The van der Waals surface area contributed by atoms with Gasteiger partial charge in [0.2, 0.25) is 5.91 Å². The molecule has 1 amide bonds. The molecule has 0 saturated carbocycles. The third kappa shape index (κ3) is 4.00. The van der Waals surface area contributed by atoms with Gasteiger partial charge in [-0.25, -0.2) is 4.68 Å². The molecule has 5 nitrogen and oxygen atoms in total. The second kappa shape index (κ2) is 6.08. The fourth-order valence-electron chi connectivity index (χ4n) is 1.98. The summed E-state index contributed by atoms with van der Waals surface area (Å²) in [5.41, 5.74) is 5.54. The average Bonchev–Trinajstić information content (AvgIpc) is 2.85. The second-order valence-corrected chi connectivity index (χ2v) is 4.93. The molecule has 1 heterocycles. The number of anilines is 1. The van der Waals surface area contributed by atoms with Gasteiger partial charge in [0, 0.05) is 12.5 Å². The Labute approximate surface area is 124 Å². The highest BCUT2D eigenvalue weighted by atomic mass is 19.4. The number of aromatic nitrogens is 2. The van der Waals surface area contributed by atoms with Crippen LogP contribution in [-0.4, -0.2) is 21.7 Å². The molecule has 0 aliphatic rings. The highest BCUT2D eigenvalue weighted by Crippen LogP contribution is 2.29. The fraction of sp³-hybridized carbons (Fsp3) is 0.286. The van der Waals surface area contributed by atoms with Crippen molar-refractivity contribution in [2.45, 2.75) is 25.6 Å². The van der Waals surface area contributed by atoms with E-state index in [-0.39, 0.29) is 12.5 Å². The smallest absolute Gasteiger partial charge is 0.380 e. The van der Waals surface area contributed by atoms with E-state index in [4.69, 9.17) is 5.73 Å². The highest BCUT2D eigenvalue weighted by molar-refractivity contribution is 5.74. The number of nitrogens with two attached hydrogens (primary N) is 1. The number of carbonyl (C=O) groups is 1. The van der Waals surface area contributed by atoms with Crippen LogP contribution >= 0.6 is 0 Å². The minimum atomic E-state index is -4.36. The molecule has 0 spiro atoms. The van der Waals surface area contributed by atoms with Gasteiger partial charge < -0.3 is 11.1 Å². The van der Waals surface area contributed by atoms with Crippen molar-refractivity contribution in [3.8, 4) is 5.69 Å². The van der Waals surface area contributed by atoms with Crippen molar-refractivity contribution in [3.05, 3.63) is 42.2 Å². The largest absolute Gasteiger partial charge is 0.416 e. The molecule has 22 heavy (non-hydrogen) atoms. The molecular formula is C14H15F3N4O. The van der Waals surface area contributed by atoms with Gasteiger partial charge in [-0.1, -0.05) is 0 Å². The molecule has 1 atom stereocenters. The van der Waals surface area contributed by atoms with E-state index in [1.807, 2.05) is 0 Å². The molecule has 0 bridgehead atoms. The zero-order chi connectivity index (χ0) is 16.3. The molecule has 0 saturated heterocycles. The summed E-state index contributed by atoms with van der Waals surface area (Å²) in [7, 11) is 0. The molecule has 1 aromatic carbocycles. The van der Waals surface area contributed by atoms with Gasteiger partial charge in [-0.05, 0) is 31.2 Å². The quantitative estimate of drug-likeness (QED) is 0.891. The number of hydrogen-bond acceptors (Lipinski definition) is 3. The van der Waals surface area contributed by atoms with Crippen molar-refractivity contribution < 1.29 is 18.0 Å². The van der Waals surface area contributed by atoms with Crippen LogP contribution in [0.1, 0.15) is 18.9 Å². The van der Waals surface area contributed by atoms with Gasteiger partial charge in [-0.2, -0.15) is 18.3 Å². The first-order valence-electron chi connectivity index (χ1n) is 6.53. The van der Waals surface area contributed by atoms with E-state index >= 15 is 0 Å². The number of nitrogens with zero attached hydrogens (tertiary/aromatic N) is 2. The number of hydrogen-bond donors (Lipinski definition) is 2. The van der Waals surface area contributed by atoms with Crippen molar-refractivity contribution in [1.82, 2.24) is 9.78 Å². The van der Waals surface area contributed by atoms with Crippen molar-refractivity contribution in [1.29, 1.82) is 0 Å². The van der Waals surface area contributed by atoms with Gasteiger partial charge >= 0.3 is 6.18 Å². The van der Waals surface area contributed by atoms with Gasteiger partial charge in [-0.3, -0.25) is 4.79 Å². The van der Waals surface area contributed by atoms with Gasteiger partial charge in [0.25, 0.3) is 0 Å². The monoisotopic (exact) mass is 312 g/mol. The van der Waals surface area contributed by atoms with E-state index in [1.165, 1.54) is 23.0 Å². The minimum absolute atomic E-state index is 0.164. The lowest BCUT2D eigenvalue weighted by Crippen LogP contribution is -2.23. The molecule has 0 radical (unpaired) electrons. The normalized spacial score (nSPS) is 12.9. The summed E-state index contributed by atoms with van der Waals surface area (Å²) in [6, 6.07) is 4.51. The van der Waals surface area contributed by atoms with Crippen LogP contribution in [-0.2, 0) is 11.0 Å². The van der Waals surface area contributed by atoms with Crippen LogP contribution < -0.4 is 11.1 Å². The van der Waals surface area contributed by atoms with Crippen molar-refractivity contribution in [2.75, 3.05) is 5.32 Å². The highest BCUT2D eigenvalue weighted by Gasteiger charge is 2.30. The Balaban J connectivity index is 2.09. The maximum absolute atomic E-state index is 12.5. The number of nitrogens with one attached hydrogen (secondary N) is 1. The molecule has 0 aliphatic carbocycles. The standard InChI is InChI=1S/C14H15F3N4O/c1-9(6-13(18)22)20-11-7-19-21(8-11)12-4-2-10(3-5-12)14(15,16)17/h2-5,7-9,20H,6H2,1H3,(H2,18,22). The summed E-state index contributed by atoms with van der Waals surface area (Å²) in [6.45, 7) is 1.79. The number of amides is 1. The Morgan fingerprint density at radius 1 is 1.36 bits per heavy atom. The molecule has 118 valence electrons. The van der Waals surface area contributed by atoms with Crippen LogP contribution in [0.3, 0.4) is 0 Å². The summed E-state index contributed by atoms with van der Waals surface area (Å²) in [5.74, 6) is -0.421. The maximum Gasteiger partial charge on any atom is 0.416 e. The van der Waals surface area contributed by atoms with Crippen LogP contribution in [0.15, 0.2) is 36.7 Å². The molecule has 8 heteroatoms. The van der Waals surface area contributed by atoms with Crippen molar-refractivity contribution in [3.63, 3.8) is 0 Å². The van der Waals surface area contributed by atoms with Crippen LogP contribution in [0.25, 0.3) is 5.69 Å². The lowest BCUT2D eigenvalue weighted by Gasteiger charge is -2.11. The number of alkyl halides is 3. The number of benzene rings is 1. The molecular weight excluding hydrogens is 297 g/mol. The van der Waals surface area contributed by atoms with E-state index in [0.717, 1.165) is 12.1 Å². The Bertz CT molecular complexity index is 649. The fourth-order valence-corrected chi connectivity index (χ4v) is 1.98. The molecule has 0 aliphatic heterocycles. The molecule has 1 unspecified atom stereocenters. The molecule has 2 rings (SSSR count). The lowest BCUT2D eigenvalue weighted by atomic mass is 10.2. The number of primary amides is 1. The average molecular weight is 312 g/mol. The Morgan fingerprint density at radius 2 is 2.00 bits per heavy atom. The predicted molar refractivity (Wildman–Crippen MR) is 75.5 cm³/mol. The molecule has 1 aromatic heterocycles.